The number of rotatable bonds is 2. The molecule has 0 saturated heterocycles. The van der Waals surface area contributed by atoms with Crippen LogP contribution in [0.15, 0.2) is 42.5 Å². The topological polar surface area (TPSA) is 9.23 Å². The Labute approximate surface area is 107 Å². The highest BCUT2D eigenvalue weighted by Crippen LogP contribution is 2.39. The molecular weight excluding hydrogens is 260 g/mol. The Morgan fingerprint density at radius 1 is 0.947 bits per heavy atom. The van der Waals surface area contributed by atoms with Crippen LogP contribution in [0.25, 0.3) is 11.1 Å². The summed E-state index contributed by atoms with van der Waals surface area (Å²) in [6.07, 6.45) is -4.50. The molecule has 0 spiro atoms. The van der Waals surface area contributed by atoms with Gasteiger partial charge in [0.2, 0.25) is 0 Å². The van der Waals surface area contributed by atoms with Crippen LogP contribution in [0.5, 0.6) is 5.75 Å². The van der Waals surface area contributed by atoms with Crippen molar-refractivity contribution < 1.29 is 22.3 Å². The summed E-state index contributed by atoms with van der Waals surface area (Å²) in [5.41, 5.74) is -0.511. The van der Waals surface area contributed by atoms with Gasteiger partial charge in [-0.15, -0.1) is 0 Å². The number of hydrogen-bond donors (Lipinski definition) is 0. The highest BCUT2D eigenvalue weighted by atomic mass is 19.4. The van der Waals surface area contributed by atoms with Crippen LogP contribution in [-0.4, -0.2) is 7.11 Å². The fourth-order valence-corrected chi connectivity index (χ4v) is 1.77. The standard InChI is InChI=1S/C14H10F4O/c1-19-11-6-7-12(13(8-11)14(16,17)18)9-2-4-10(15)5-3-9/h2-8H,1H3. The monoisotopic (exact) mass is 270 g/mol. The zero-order valence-corrected chi connectivity index (χ0v) is 9.96. The van der Waals surface area contributed by atoms with Crippen LogP contribution in [0.4, 0.5) is 17.6 Å². The van der Waals surface area contributed by atoms with Crippen LogP contribution in [-0.2, 0) is 6.18 Å². The SMILES string of the molecule is COc1ccc(-c2ccc(F)cc2)c(C(F)(F)F)c1. The Morgan fingerprint density at radius 2 is 1.58 bits per heavy atom. The maximum atomic E-state index is 13.0. The number of halogens is 4. The third-order valence-electron chi connectivity index (χ3n) is 2.69. The lowest BCUT2D eigenvalue weighted by atomic mass is 9.99. The number of hydrogen-bond acceptors (Lipinski definition) is 1. The summed E-state index contributed by atoms with van der Waals surface area (Å²) in [4.78, 5) is 0. The molecule has 0 bridgehead atoms. The van der Waals surface area contributed by atoms with Crippen molar-refractivity contribution in [3.8, 4) is 16.9 Å². The van der Waals surface area contributed by atoms with E-state index in [1.54, 1.807) is 0 Å². The van der Waals surface area contributed by atoms with E-state index in [2.05, 4.69) is 0 Å². The fourth-order valence-electron chi connectivity index (χ4n) is 1.77. The smallest absolute Gasteiger partial charge is 0.417 e. The van der Waals surface area contributed by atoms with E-state index in [1.165, 1.54) is 31.4 Å². The molecule has 0 aliphatic heterocycles. The average Bonchev–Trinajstić information content (AvgIpc) is 2.38. The minimum absolute atomic E-state index is 0.00620. The molecule has 0 aliphatic carbocycles. The lowest BCUT2D eigenvalue weighted by Gasteiger charge is -2.14. The van der Waals surface area contributed by atoms with E-state index in [1.807, 2.05) is 0 Å². The molecule has 0 unspecified atom stereocenters. The van der Waals surface area contributed by atoms with Crippen LogP contribution in [0.3, 0.4) is 0 Å². The fraction of sp³-hybridized carbons (Fsp3) is 0.143. The molecule has 0 atom stereocenters. The van der Waals surface area contributed by atoms with Gasteiger partial charge in [-0.3, -0.25) is 0 Å². The van der Waals surface area contributed by atoms with Crippen molar-refractivity contribution in [1.29, 1.82) is 0 Å². The van der Waals surface area contributed by atoms with Gasteiger partial charge >= 0.3 is 6.18 Å². The molecule has 0 radical (unpaired) electrons. The summed E-state index contributed by atoms with van der Waals surface area (Å²) in [6, 6.07) is 8.56. The minimum atomic E-state index is -4.50. The van der Waals surface area contributed by atoms with E-state index in [0.717, 1.165) is 18.2 Å². The molecule has 0 saturated carbocycles. The quantitative estimate of drug-likeness (QED) is 0.729. The zero-order chi connectivity index (χ0) is 14.0. The molecule has 0 fully saturated rings. The molecule has 0 aliphatic rings. The van der Waals surface area contributed by atoms with Gasteiger partial charge in [0.25, 0.3) is 0 Å². The maximum Gasteiger partial charge on any atom is 0.417 e. The molecule has 0 aromatic heterocycles. The number of ether oxygens (including phenoxy) is 1. The predicted octanol–water partition coefficient (Wildman–Crippen LogP) is 4.52. The Bertz CT molecular complexity index is 573. The average molecular weight is 270 g/mol. The first kappa shape index (κ1) is 13.4. The molecule has 19 heavy (non-hydrogen) atoms. The largest absolute Gasteiger partial charge is 0.497 e. The second kappa shape index (κ2) is 4.91. The highest BCUT2D eigenvalue weighted by molar-refractivity contribution is 5.69. The summed E-state index contributed by atoms with van der Waals surface area (Å²) >= 11 is 0. The first-order valence-corrected chi connectivity index (χ1v) is 5.43. The Kier molecular flexibility index (Phi) is 3.46. The summed E-state index contributed by atoms with van der Waals surface area (Å²) in [5.74, 6) is -0.371. The highest BCUT2D eigenvalue weighted by Gasteiger charge is 2.34. The maximum absolute atomic E-state index is 13.0. The van der Waals surface area contributed by atoms with Gasteiger partial charge < -0.3 is 4.74 Å². The zero-order valence-electron chi connectivity index (χ0n) is 9.96. The van der Waals surface area contributed by atoms with Gasteiger partial charge in [0.15, 0.2) is 0 Å². The second-order valence-corrected chi connectivity index (χ2v) is 3.92. The van der Waals surface area contributed by atoms with Crippen LogP contribution >= 0.6 is 0 Å². The first-order valence-electron chi connectivity index (χ1n) is 5.43. The molecule has 100 valence electrons. The minimum Gasteiger partial charge on any atom is -0.497 e. The molecule has 5 heteroatoms. The summed E-state index contributed by atoms with van der Waals surface area (Å²) in [7, 11) is 1.30. The molecule has 0 amide bonds. The molecule has 2 rings (SSSR count). The lowest BCUT2D eigenvalue weighted by Crippen LogP contribution is -2.07. The van der Waals surface area contributed by atoms with Gasteiger partial charge in [-0.25, -0.2) is 4.39 Å². The normalized spacial score (nSPS) is 11.4. The number of alkyl halides is 3. The van der Waals surface area contributed by atoms with E-state index >= 15 is 0 Å². The van der Waals surface area contributed by atoms with Crippen molar-refractivity contribution in [2.24, 2.45) is 0 Å². The Morgan fingerprint density at radius 3 is 2.11 bits per heavy atom. The molecular formula is C14H10F4O. The van der Waals surface area contributed by atoms with Crippen LogP contribution in [0.2, 0.25) is 0 Å². The van der Waals surface area contributed by atoms with Gasteiger partial charge in [-0.1, -0.05) is 18.2 Å². The van der Waals surface area contributed by atoms with Gasteiger partial charge in [0.1, 0.15) is 11.6 Å². The van der Waals surface area contributed by atoms with Gasteiger partial charge in [0.05, 0.1) is 12.7 Å². The van der Waals surface area contributed by atoms with Crippen molar-refractivity contribution >= 4 is 0 Å². The van der Waals surface area contributed by atoms with E-state index in [9.17, 15) is 17.6 Å². The van der Waals surface area contributed by atoms with E-state index < -0.39 is 17.6 Å². The molecule has 2 aromatic rings. The molecule has 2 aromatic carbocycles. The van der Waals surface area contributed by atoms with Crippen LogP contribution in [0, 0.1) is 5.82 Å². The first-order chi connectivity index (χ1) is 8.91. The summed E-state index contributed by atoms with van der Waals surface area (Å²) in [5, 5.41) is 0. The van der Waals surface area contributed by atoms with Crippen LogP contribution < -0.4 is 4.74 Å². The number of methoxy groups -OCH3 is 1. The predicted molar refractivity (Wildman–Crippen MR) is 63.4 cm³/mol. The van der Waals surface area contributed by atoms with Crippen molar-refractivity contribution in [2.75, 3.05) is 7.11 Å². The van der Waals surface area contributed by atoms with Crippen molar-refractivity contribution in [3.63, 3.8) is 0 Å². The Hall–Kier alpha value is -2.04. The third-order valence-corrected chi connectivity index (χ3v) is 2.69. The van der Waals surface area contributed by atoms with E-state index in [-0.39, 0.29) is 11.3 Å². The van der Waals surface area contributed by atoms with Gasteiger partial charge in [-0.05, 0) is 35.4 Å². The summed E-state index contributed by atoms with van der Waals surface area (Å²) < 4.78 is 56.6. The second-order valence-electron chi connectivity index (χ2n) is 3.92. The van der Waals surface area contributed by atoms with Crippen molar-refractivity contribution in [2.45, 2.75) is 6.18 Å². The van der Waals surface area contributed by atoms with Gasteiger partial charge in [0, 0.05) is 0 Å². The molecule has 0 N–H and O–H groups in total. The molecule has 1 nitrogen and oxygen atoms in total. The third kappa shape index (κ3) is 2.86. The van der Waals surface area contributed by atoms with Crippen molar-refractivity contribution in [3.05, 3.63) is 53.8 Å². The summed E-state index contributed by atoms with van der Waals surface area (Å²) in [6.45, 7) is 0. The molecule has 0 heterocycles. The Balaban J connectivity index is 2.59. The van der Waals surface area contributed by atoms with Crippen LogP contribution in [0.1, 0.15) is 5.56 Å². The van der Waals surface area contributed by atoms with Crippen molar-refractivity contribution in [1.82, 2.24) is 0 Å². The van der Waals surface area contributed by atoms with E-state index in [0.29, 0.717) is 5.56 Å². The number of benzene rings is 2. The van der Waals surface area contributed by atoms with E-state index in [4.69, 9.17) is 4.74 Å². The lowest BCUT2D eigenvalue weighted by molar-refractivity contribution is -0.137. The van der Waals surface area contributed by atoms with Gasteiger partial charge in [-0.2, -0.15) is 13.2 Å².